The number of benzene rings is 2. The molecule has 0 bridgehead atoms. The molecule has 2 heterocycles. The van der Waals surface area contributed by atoms with Crippen LogP contribution in [-0.2, 0) is 0 Å². The van der Waals surface area contributed by atoms with Gasteiger partial charge in [-0.25, -0.2) is 13.8 Å². The number of halogens is 2. The van der Waals surface area contributed by atoms with Crippen molar-refractivity contribution in [1.29, 1.82) is 0 Å². The van der Waals surface area contributed by atoms with E-state index in [0.717, 1.165) is 5.56 Å². The van der Waals surface area contributed by atoms with Crippen LogP contribution in [0, 0.1) is 11.6 Å². The second kappa shape index (κ2) is 6.10. The summed E-state index contributed by atoms with van der Waals surface area (Å²) in [4.78, 5) is 17.6. The normalized spacial score (nSPS) is 11.0. The number of carbonyl (C=O) groups is 1. The van der Waals surface area contributed by atoms with Gasteiger partial charge in [-0.3, -0.25) is 9.20 Å². The van der Waals surface area contributed by atoms with Crippen molar-refractivity contribution >= 4 is 27.9 Å². The molecule has 0 aliphatic carbocycles. The quantitative estimate of drug-likeness (QED) is 0.584. The van der Waals surface area contributed by atoms with Crippen LogP contribution in [0.4, 0.5) is 14.5 Å². The number of anilines is 1. The van der Waals surface area contributed by atoms with Gasteiger partial charge < -0.3 is 5.32 Å². The molecule has 2 aromatic carbocycles. The molecule has 4 aromatic rings. The molecular weight excluding hydrogens is 344 g/mol. The first-order valence-electron chi connectivity index (χ1n) is 7.39. The number of rotatable bonds is 3. The molecule has 0 aliphatic heterocycles. The summed E-state index contributed by atoms with van der Waals surface area (Å²) in [5, 5.41) is 4.43. The molecule has 0 atom stereocenters. The van der Waals surface area contributed by atoms with E-state index in [-0.39, 0.29) is 17.5 Å². The third-order valence-electron chi connectivity index (χ3n) is 3.68. The number of fused-ring (bicyclic) bond motifs is 1. The van der Waals surface area contributed by atoms with Crippen LogP contribution in [0.1, 0.15) is 10.5 Å². The highest BCUT2D eigenvalue weighted by atomic mass is 32.1. The van der Waals surface area contributed by atoms with Crippen LogP contribution in [0.25, 0.3) is 16.2 Å². The molecule has 0 spiro atoms. The van der Waals surface area contributed by atoms with Crippen molar-refractivity contribution in [3.63, 3.8) is 0 Å². The highest BCUT2D eigenvalue weighted by molar-refractivity contribution is 7.15. The molecular formula is C18H11F2N3OS. The van der Waals surface area contributed by atoms with Crippen molar-refractivity contribution in [2.24, 2.45) is 0 Å². The van der Waals surface area contributed by atoms with Gasteiger partial charge in [-0.15, -0.1) is 11.3 Å². The molecule has 124 valence electrons. The molecule has 0 saturated carbocycles. The Morgan fingerprint density at radius 2 is 1.64 bits per heavy atom. The number of aromatic nitrogens is 2. The first-order valence-corrected chi connectivity index (χ1v) is 8.27. The molecule has 1 amide bonds. The summed E-state index contributed by atoms with van der Waals surface area (Å²) in [7, 11) is 0. The standard InChI is InChI=1S/C18H11F2N3OS/c19-12-3-1-11(2-4-12)15-9-23-16(10-25-18(23)22-15)17(24)21-14-7-5-13(20)6-8-14/h1-10H,(H,21,24). The lowest BCUT2D eigenvalue weighted by atomic mass is 10.2. The van der Waals surface area contributed by atoms with Crippen LogP contribution >= 0.6 is 11.3 Å². The number of nitrogens with one attached hydrogen (secondary N) is 1. The molecule has 0 radical (unpaired) electrons. The monoisotopic (exact) mass is 355 g/mol. The molecule has 7 heteroatoms. The van der Waals surface area contributed by atoms with E-state index in [2.05, 4.69) is 10.3 Å². The maximum Gasteiger partial charge on any atom is 0.273 e. The number of imidazole rings is 1. The van der Waals surface area contributed by atoms with Crippen LogP contribution in [0.2, 0.25) is 0 Å². The average molecular weight is 355 g/mol. The molecule has 1 N–H and O–H groups in total. The van der Waals surface area contributed by atoms with Gasteiger partial charge in [-0.1, -0.05) is 0 Å². The zero-order chi connectivity index (χ0) is 17.4. The van der Waals surface area contributed by atoms with Crippen molar-refractivity contribution in [3.05, 3.63) is 77.4 Å². The lowest BCUT2D eigenvalue weighted by Crippen LogP contribution is -2.13. The van der Waals surface area contributed by atoms with E-state index >= 15 is 0 Å². The fraction of sp³-hybridized carbons (Fsp3) is 0. The first-order chi connectivity index (χ1) is 12.1. The van der Waals surface area contributed by atoms with Crippen molar-refractivity contribution in [3.8, 4) is 11.3 Å². The molecule has 0 unspecified atom stereocenters. The van der Waals surface area contributed by atoms with E-state index in [1.165, 1.54) is 47.7 Å². The number of hydrogen-bond donors (Lipinski definition) is 1. The minimum atomic E-state index is -0.366. The predicted molar refractivity (Wildman–Crippen MR) is 92.8 cm³/mol. The molecule has 4 rings (SSSR count). The SMILES string of the molecule is O=C(Nc1ccc(F)cc1)c1csc2nc(-c3ccc(F)cc3)cn12. The Kier molecular flexibility index (Phi) is 3.77. The van der Waals surface area contributed by atoms with Gasteiger partial charge in [0.05, 0.1) is 5.69 Å². The summed E-state index contributed by atoms with van der Waals surface area (Å²) in [6.07, 6.45) is 1.73. The Bertz CT molecular complexity index is 1050. The topological polar surface area (TPSA) is 46.4 Å². The third kappa shape index (κ3) is 3.01. The molecule has 4 nitrogen and oxygen atoms in total. The first kappa shape index (κ1) is 15.5. The summed E-state index contributed by atoms with van der Waals surface area (Å²) in [6.45, 7) is 0. The fourth-order valence-corrected chi connectivity index (χ4v) is 3.29. The summed E-state index contributed by atoms with van der Waals surface area (Å²) in [6, 6.07) is 11.6. The molecule has 0 aliphatic rings. The van der Waals surface area contributed by atoms with Crippen molar-refractivity contribution in [1.82, 2.24) is 9.38 Å². The summed E-state index contributed by atoms with van der Waals surface area (Å²) in [5.74, 6) is -1.00. The number of amides is 1. The van der Waals surface area contributed by atoms with Gasteiger partial charge in [0.25, 0.3) is 5.91 Å². The zero-order valence-electron chi connectivity index (χ0n) is 12.7. The molecule has 0 fully saturated rings. The maximum atomic E-state index is 13.0. The summed E-state index contributed by atoms with van der Waals surface area (Å²) >= 11 is 1.33. The van der Waals surface area contributed by atoms with E-state index in [1.54, 1.807) is 28.1 Å². The van der Waals surface area contributed by atoms with E-state index in [0.29, 0.717) is 22.0 Å². The van der Waals surface area contributed by atoms with Crippen molar-refractivity contribution in [2.75, 3.05) is 5.32 Å². The van der Waals surface area contributed by atoms with Gasteiger partial charge in [-0.2, -0.15) is 0 Å². The second-order valence-electron chi connectivity index (χ2n) is 5.37. The van der Waals surface area contributed by atoms with Gasteiger partial charge in [0.1, 0.15) is 17.3 Å². The Morgan fingerprint density at radius 3 is 2.32 bits per heavy atom. The highest BCUT2D eigenvalue weighted by Crippen LogP contribution is 2.24. The van der Waals surface area contributed by atoms with Gasteiger partial charge in [-0.05, 0) is 48.5 Å². The summed E-state index contributed by atoms with van der Waals surface area (Å²) < 4.78 is 27.7. The molecule has 2 aromatic heterocycles. The minimum Gasteiger partial charge on any atom is -0.321 e. The number of carbonyl (C=O) groups excluding carboxylic acids is 1. The minimum absolute atomic E-state index is 0.316. The van der Waals surface area contributed by atoms with E-state index in [9.17, 15) is 13.6 Å². The number of nitrogens with zero attached hydrogens (tertiary/aromatic N) is 2. The fourth-order valence-electron chi connectivity index (χ4n) is 2.44. The lowest BCUT2D eigenvalue weighted by Gasteiger charge is -2.04. The maximum absolute atomic E-state index is 13.0. The van der Waals surface area contributed by atoms with Gasteiger partial charge in [0, 0.05) is 22.8 Å². The van der Waals surface area contributed by atoms with E-state index in [4.69, 9.17) is 0 Å². The van der Waals surface area contributed by atoms with Gasteiger partial charge in [0.2, 0.25) is 0 Å². The van der Waals surface area contributed by atoms with Crippen molar-refractivity contribution < 1.29 is 13.6 Å². The van der Waals surface area contributed by atoms with Crippen LogP contribution < -0.4 is 5.32 Å². The Balaban J connectivity index is 1.64. The third-order valence-corrected chi connectivity index (χ3v) is 4.52. The average Bonchev–Trinajstić information content (AvgIpc) is 3.18. The Hall–Kier alpha value is -3.06. The number of thiazole rings is 1. The number of hydrogen-bond acceptors (Lipinski definition) is 3. The molecule has 0 saturated heterocycles. The van der Waals surface area contributed by atoms with E-state index in [1.807, 2.05) is 0 Å². The largest absolute Gasteiger partial charge is 0.321 e. The smallest absolute Gasteiger partial charge is 0.273 e. The van der Waals surface area contributed by atoms with E-state index < -0.39 is 0 Å². The Labute approximate surface area is 145 Å². The lowest BCUT2D eigenvalue weighted by molar-refractivity contribution is 0.102. The van der Waals surface area contributed by atoms with Gasteiger partial charge >= 0.3 is 0 Å². The zero-order valence-corrected chi connectivity index (χ0v) is 13.6. The molecule has 25 heavy (non-hydrogen) atoms. The summed E-state index contributed by atoms with van der Waals surface area (Å²) in [5.41, 5.74) is 2.35. The second-order valence-corrected chi connectivity index (χ2v) is 6.20. The van der Waals surface area contributed by atoms with Crippen LogP contribution in [0.5, 0.6) is 0 Å². The predicted octanol–water partition coefficient (Wildman–Crippen LogP) is 4.59. The van der Waals surface area contributed by atoms with Crippen molar-refractivity contribution in [2.45, 2.75) is 0 Å². The highest BCUT2D eigenvalue weighted by Gasteiger charge is 2.15. The Morgan fingerprint density at radius 1 is 1.00 bits per heavy atom. The van der Waals surface area contributed by atoms with Crippen LogP contribution in [-0.4, -0.2) is 15.3 Å². The van der Waals surface area contributed by atoms with Crippen LogP contribution in [0.15, 0.2) is 60.1 Å². The van der Waals surface area contributed by atoms with Gasteiger partial charge in [0.15, 0.2) is 4.96 Å². The van der Waals surface area contributed by atoms with Crippen LogP contribution in [0.3, 0.4) is 0 Å².